The van der Waals surface area contributed by atoms with Crippen molar-refractivity contribution in [1.29, 1.82) is 0 Å². The summed E-state index contributed by atoms with van der Waals surface area (Å²) in [6, 6.07) is 2.79. The number of hydrogen-bond donors (Lipinski definition) is 2. The number of hydrogen-bond acceptors (Lipinski definition) is 5. The first kappa shape index (κ1) is 18.5. The number of nitrogens with two attached hydrogens (primary N) is 1. The molecule has 0 radical (unpaired) electrons. The van der Waals surface area contributed by atoms with Crippen LogP contribution in [0.4, 0.5) is 9.39 Å². The predicted octanol–water partition coefficient (Wildman–Crippen LogP) is 3.22. The van der Waals surface area contributed by atoms with Gasteiger partial charge >= 0.3 is 0 Å². The summed E-state index contributed by atoms with van der Waals surface area (Å²) in [4.78, 5) is 28.9. The zero-order chi connectivity index (χ0) is 19.3. The number of primary amides is 1. The second-order valence-corrected chi connectivity index (χ2v) is 8.34. The topological polar surface area (TPSA) is 94.3 Å². The van der Waals surface area contributed by atoms with Crippen molar-refractivity contribution in [2.75, 3.05) is 5.32 Å². The highest BCUT2D eigenvalue weighted by Gasteiger charge is 2.42. The lowest BCUT2D eigenvalue weighted by molar-refractivity contribution is -0.135. The molecule has 26 heavy (non-hydrogen) atoms. The lowest BCUT2D eigenvalue weighted by atomic mass is 9.86. The summed E-state index contributed by atoms with van der Waals surface area (Å²) >= 11 is 1.23. The van der Waals surface area contributed by atoms with Gasteiger partial charge in [0, 0.05) is 17.5 Å². The summed E-state index contributed by atoms with van der Waals surface area (Å²) in [6.45, 7) is 7.67. The van der Waals surface area contributed by atoms with Crippen molar-refractivity contribution in [2.45, 2.75) is 45.3 Å². The molecule has 2 aromatic rings. The summed E-state index contributed by atoms with van der Waals surface area (Å²) in [6.07, 6.45) is 1.74. The van der Waals surface area contributed by atoms with Crippen molar-refractivity contribution in [1.82, 2.24) is 4.98 Å². The zero-order valence-corrected chi connectivity index (χ0v) is 15.8. The third-order valence-electron chi connectivity index (χ3n) is 4.16. The molecule has 3 heterocycles. The quantitative estimate of drug-likeness (QED) is 0.803. The van der Waals surface area contributed by atoms with E-state index in [1.165, 1.54) is 29.7 Å². The fourth-order valence-electron chi connectivity index (χ4n) is 3.39. The van der Waals surface area contributed by atoms with E-state index in [1.54, 1.807) is 0 Å². The smallest absolute Gasteiger partial charge is 0.260 e. The van der Waals surface area contributed by atoms with Crippen LogP contribution in [0.25, 0.3) is 0 Å². The minimum Gasteiger partial charge on any atom is -0.365 e. The number of rotatable bonds is 3. The molecule has 0 saturated carbocycles. The van der Waals surface area contributed by atoms with E-state index in [0.29, 0.717) is 11.4 Å². The number of amides is 2. The van der Waals surface area contributed by atoms with Crippen molar-refractivity contribution in [2.24, 2.45) is 5.73 Å². The Kier molecular flexibility index (Phi) is 4.36. The van der Waals surface area contributed by atoms with Gasteiger partial charge in [0.25, 0.3) is 11.8 Å². The number of nitrogens with zero attached hydrogens (tertiary/aromatic N) is 1. The number of nitrogens with one attached hydrogen (secondary N) is 1. The molecule has 0 atom stereocenters. The molecule has 0 spiro atoms. The first-order chi connectivity index (χ1) is 12.0. The Labute approximate surface area is 154 Å². The van der Waals surface area contributed by atoms with E-state index < -0.39 is 29.0 Å². The monoisotopic (exact) mass is 377 g/mol. The van der Waals surface area contributed by atoms with Gasteiger partial charge in [-0.05, 0) is 45.4 Å². The number of pyridine rings is 1. The van der Waals surface area contributed by atoms with Crippen LogP contribution in [0.15, 0.2) is 18.3 Å². The van der Waals surface area contributed by atoms with Crippen molar-refractivity contribution in [3.8, 4) is 0 Å². The molecule has 0 aliphatic carbocycles. The van der Waals surface area contributed by atoms with E-state index in [4.69, 9.17) is 10.5 Å². The van der Waals surface area contributed by atoms with Crippen LogP contribution in [-0.4, -0.2) is 22.4 Å². The van der Waals surface area contributed by atoms with Crippen LogP contribution in [0.2, 0.25) is 0 Å². The molecule has 3 rings (SSSR count). The van der Waals surface area contributed by atoms with Crippen LogP contribution in [-0.2, 0) is 16.8 Å². The fraction of sp³-hybridized carbons (Fsp3) is 0.389. The van der Waals surface area contributed by atoms with Crippen LogP contribution >= 0.6 is 11.3 Å². The van der Waals surface area contributed by atoms with Gasteiger partial charge in [-0.1, -0.05) is 0 Å². The molecule has 1 aliphatic heterocycles. The van der Waals surface area contributed by atoms with Gasteiger partial charge in [0.1, 0.15) is 5.00 Å². The van der Waals surface area contributed by atoms with Gasteiger partial charge in [0.15, 0.2) is 0 Å². The van der Waals surface area contributed by atoms with Crippen molar-refractivity contribution >= 4 is 28.2 Å². The molecule has 0 saturated heterocycles. The number of thiophene rings is 1. The molecule has 0 bridgehead atoms. The van der Waals surface area contributed by atoms with E-state index in [0.717, 1.165) is 10.4 Å². The average molecular weight is 377 g/mol. The summed E-state index contributed by atoms with van der Waals surface area (Å²) in [5.74, 6) is -2.20. The fourth-order valence-corrected chi connectivity index (χ4v) is 4.65. The first-order valence-electron chi connectivity index (χ1n) is 8.10. The molecular formula is C18H20FN3O3S. The summed E-state index contributed by atoms with van der Waals surface area (Å²) in [5.41, 5.74) is 5.28. The van der Waals surface area contributed by atoms with Gasteiger partial charge in [0.05, 0.1) is 22.3 Å². The minimum absolute atomic E-state index is 0.204. The summed E-state index contributed by atoms with van der Waals surface area (Å²) < 4.78 is 19.9. The number of aromatic nitrogens is 1. The highest BCUT2D eigenvalue weighted by molar-refractivity contribution is 7.17. The van der Waals surface area contributed by atoms with Crippen molar-refractivity contribution in [3.05, 3.63) is 45.8 Å². The molecule has 0 aromatic carbocycles. The molecule has 0 fully saturated rings. The first-order valence-corrected chi connectivity index (χ1v) is 8.91. The third kappa shape index (κ3) is 3.22. The summed E-state index contributed by atoms with van der Waals surface area (Å²) in [5, 5.41) is 2.91. The molecule has 2 amide bonds. The second kappa shape index (κ2) is 6.14. The van der Waals surface area contributed by atoms with Crippen LogP contribution in [0.1, 0.15) is 58.9 Å². The van der Waals surface area contributed by atoms with E-state index in [-0.39, 0.29) is 11.1 Å². The lowest BCUT2D eigenvalue weighted by Gasteiger charge is -2.41. The zero-order valence-electron chi connectivity index (χ0n) is 15.0. The van der Waals surface area contributed by atoms with Crippen LogP contribution in [0, 0.1) is 5.95 Å². The second-order valence-electron chi connectivity index (χ2n) is 7.32. The van der Waals surface area contributed by atoms with Crippen LogP contribution in [0.5, 0.6) is 0 Å². The van der Waals surface area contributed by atoms with E-state index in [9.17, 15) is 14.0 Å². The third-order valence-corrected chi connectivity index (χ3v) is 5.62. The minimum atomic E-state index is -0.878. The Morgan fingerprint density at radius 3 is 2.65 bits per heavy atom. The molecular weight excluding hydrogens is 357 g/mol. The lowest BCUT2D eigenvalue weighted by Crippen LogP contribution is -2.42. The highest BCUT2D eigenvalue weighted by Crippen LogP contribution is 2.48. The molecule has 8 heteroatoms. The Balaban J connectivity index is 2.07. The van der Waals surface area contributed by atoms with E-state index >= 15 is 0 Å². The number of carbonyl (C=O) groups is 2. The van der Waals surface area contributed by atoms with Gasteiger partial charge < -0.3 is 15.8 Å². The van der Waals surface area contributed by atoms with Crippen LogP contribution < -0.4 is 11.1 Å². The number of carbonyl (C=O) groups excluding carboxylic acids is 2. The Morgan fingerprint density at radius 2 is 2.04 bits per heavy atom. The number of anilines is 1. The SMILES string of the molecule is CC1(C)Cc2c(sc(NC(=O)c3cccnc3F)c2C(N)=O)C(C)(C)O1. The molecule has 1 aliphatic rings. The van der Waals surface area contributed by atoms with E-state index in [2.05, 4.69) is 10.3 Å². The van der Waals surface area contributed by atoms with E-state index in [1.807, 2.05) is 27.7 Å². The van der Waals surface area contributed by atoms with Gasteiger partial charge in [-0.3, -0.25) is 9.59 Å². The largest absolute Gasteiger partial charge is 0.365 e. The van der Waals surface area contributed by atoms with Gasteiger partial charge in [-0.2, -0.15) is 4.39 Å². The van der Waals surface area contributed by atoms with Crippen LogP contribution in [0.3, 0.4) is 0 Å². The molecule has 6 nitrogen and oxygen atoms in total. The van der Waals surface area contributed by atoms with Gasteiger partial charge in [0.2, 0.25) is 5.95 Å². The number of fused-ring (bicyclic) bond motifs is 1. The maximum Gasteiger partial charge on any atom is 0.260 e. The van der Waals surface area contributed by atoms with Gasteiger partial charge in [-0.25, -0.2) is 4.98 Å². The Morgan fingerprint density at radius 1 is 1.35 bits per heavy atom. The van der Waals surface area contributed by atoms with Crippen molar-refractivity contribution < 1.29 is 18.7 Å². The number of ether oxygens (including phenoxy) is 1. The highest BCUT2D eigenvalue weighted by atomic mass is 32.1. The summed E-state index contributed by atoms with van der Waals surface area (Å²) in [7, 11) is 0. The average Bonchev–Trinajstić information content (AvgIpc) is 2.84. The maximum atomic E-state index is 13.8. The predicted molar refractivity (Wildman–Crippen MR) is 96.9 cm³/mol. The normalized spacial score (nSPS) is 17.4. The molecule has 0 unspecified atom stereocenters. The van der Waals surface area contributed by atoms with Crippen molar-refractivity contribution in [3.63, 3.8) is 0 Å². The molecule has 138 valence electrons. The standard InChI is InChI=1S/C18H20FN3O3S/c1-17(2)8-10-11(14(20)23)16(26-12(10)18(3,4)25-17)22-15(24)9-6-5-7-21-13(9)19/h5-7H,8H2,1-4H3,(H2,20,23)(H,22,24). The molecule has 3 N–H and O–H groups in total. The number of halogens is 1. The van der Waals surface area contributed by atoms with Gasteiger partial charge in [-0.15, -0.1) is 11.3 Å². The Hall–Kier alpha value is -2.32. The molecule has 2 aromatic heterocycles. The maximum absolute atomic E-state index is 13.8. The Bertz CT molecular complexity index is 905.